The number of nitrogen functional groups attached to an aromatic ring is 1. The fourth-order valence-electron chi connectivity index (χ4n) is 4.30. The highest BCUT2D eigenvalue weighted by Crippen LogP contribution is 2.45. The molecule has 0 aliphatic carbocycles. The highest BCUT2D eigenvalue weighted by atomic mass is 35.5. The van der Waals surface area contributed by atoms with Gasteiger partial charge in [-0.3, -0.25) is 0 Å². The van der Waals surface area contributed by atoms with Gasteiger partial charge in [0, 0.05) is 18.0 Å². The fourth-order valence-corrected chi connectivity index (χ4v) is 8.19. The summed E-state index contributed by atoms with van der Waals surface area (Å²) in [4.78, 5) is 11.8. The molecule has 2 aliphatic rings. The van der Waals surface area contributed by atoms with Crippen LogP contribution in [0.4, 0.5) is 11.6 Å². The van der Waals surface area contributed by atoms with E-state index in [2.05, 4.69) is 21.8 Å². The van der Waals surface area contributed by atoms with E-state index in [-0.39, 0.29) is 5.92 Å². The van der Waals surface area contributed by atoms with Crippen LogP contribution in [-0.4, -0.2) is 42.0 Å². The SMILES string of the molecule is CC1CCS(=O)(=O)C12CCN(c1cnc(Sc3cccc(Cl)c3Cl)c(N)n1)CC2. The summed E-state index contributed by atoms with van der Waals surface area (Å²) in [6, 6.07) is 5.39. The summed E-state index contributed by atoms with van der Waals surface area (Å²) in [6.45, 7) is 3.32. The van der Waals surface area contributed by atoms with Gasteiger partial charge in [0.1, 0.15) is 10.8 Å². The first-order chi connectivity index (χ1) is 13.7. The zero-order valence-corrected chi connectivity index (χ0v) is 19.1. The number of sulfone groups is 1. The first-order valence-corrected chi connectivity index (χ1v) is 12.7. The molecule has 2 fully saturated rings. The van der Waals surface area contributed by atoms with E-state index in [1.54, 1.807) is 12.3 Å². The van der Waals surface area contributed by atoms with Crippen LogP contribution in [0.1, 0.15) is 26.2 Å². The Morgan fingerprint density at radius 3 is 2.62 bits per heavy atom. The molecule has 0 amide bonds. The van der Waals surface area contributed by atoms with Crippen LogP contribution in [0.25, 0.3) is 0 Å². The summed E-state index contributed by atoms with van der Waals surface area (Å²) >= 11 is 13.6. The van der Waals surface area contributed by atoms with E-state index in [4.69, 9.17) is 28.9 Å². The third-order valence-corrected chi connectivity index (χ3v) is 11.0. The minimum absolute atomic E-state index is 0.201. The third-order valence-electron chi connectivity index (χ3n) is 6.15. The minimum Gasteiger partial charge on any atom is -0.381 e. The van der Waals surface area contributed by atoms with Crippen LogP contribution in [0.3, 0.4) is 0 Å². The number of nitrogens with zero attached hydrogens (tertiary/aromatic N) is 3. The Morgan fingerprint density at radius 1 is 1.28 bits per heavy atom. The Bertz CT molecular complexity index is 1040. The van der Waals surface area contributed by atoms with Gasteiger partial charge in [-0.2, -0.15) is 0 Å². The summed E-state index contributed by atoms with van der Waals surface area (Å²) in [6.07, 6.45) is 3.67. The lowest BCUT2D eigenvalue weighted by molar-refractivity contribution is 0.331. The molecule has 2 saturated heterocycles. The van der Waals surface area contributed by atoms with E-state index in [1.165, 1.54) is 11.8 Å². The topological polar surface area (TPSA) is 89.2 Å². The molecule has 29 heavy (non-hydrogen) atoms. The van der Waals surface area contributed by atoms with Gasteiger partial charge in [0.05, 0.1) is 26.7 Å². The number of piperidine rings is 1. The van der Waals surface area contributed by atoms with Gasteiger partial charge in [-0.1, -0.05) is 48.0 Å². The number of nitrogens with two attached hydrogens (primary N) is 1. The van der Waals surface area contributed by atoms with Gasteiger partial charge < -0.3 is 10.6 Å². The van der Waals surface area contributed by atoms with E-state index in [1.807, 2.05) is 12.1 Å². The second kappa shape index (κ2) is 7.80. The molecule has 156 valence electrons. The van der Waals surface area contributed by atoms with Gasteiger partial charge >= 0.3 is 0 Å². The van der Waals surface area contributed by atoms with Crippen molar-refractivity contribution in [2.45, 2.75) is 40.9 Å². The molecule has 1 aromatic heterocycles. The molecule has 0 saturated carbocycles. The van der Waals surface area contributed by atoms with E-state index >= 15 is 0 Å². The summed E-state index contributed by atoms with van der Waals surface area (Å²) in [7, 11) is -3.04. The quantitative estimate of drug-likeness (QED) is 0.711. The molecule has 2 N–H and O–H groups in total. The van der Waals surface area contributed by atoms with Crippen molar-refractivity contribution in [3.63, 3.8) is 0 Å². The Labute approximate surface area is 185 Å². The van der Waals surface area contributed by atoms with E-state index in [9.17, 15) is 8.42 Å². The van der Waals surface area contributed by atoms with Crippen molar-refractivity contribution < 1.29 is 8.42 Å². The summed E-state index contributed by atoms with van der Waals surface area (Å²) in [5.41, 5.74) is 6.15. The number of halogens is 2. The number of benzene rings is 1. The second-order valence-corrected chi connectivity index (χ2v) is 11.9. The first kappa shape index (κ1) is 21.0. The number of hydrogen-bond acceptors (Lipinski definition) is 7. The van der Waals surface area contributed by atoms with E-state index < -0.39 is 14.6 Å². The maximum atomic E-state index is 12.6. The lowest BCUT2D eigenvalue weighted by Gasteiger charge is -2.41. The number of hydrogen-bond donors (Lipinski definition) is 1. The van der Waals surface area contributed by atoms with Gasteiger partial charge in [-0.15, -0.1) is 0 Å². The average Bonchev–Trinajstić information content (AvgIpc) is 2.91. The number of aromatic nitrogens is 2. The van der Waals surface area contributed by atoms with Crippen LogP contribution in [0.5, 0.6) is 0 Å². The van der Waals surface area contributed by atoms with Crippen molar-refractivity contribution in [3.05, 3.63) is 34.4 Å². The highest BCUT2D eigenvalue weighted by molar-refractivity contribution is 7.99. The van der Waals surface area contributed by atoms with Crippen LogP contribution in [0.2, 0.25) is 10.0 Å². The Kier molecular flexibility index (Phi) is 5.65. The van der Waals surface area contributed by atoms with Crippen LogP contribution >= 0.6 is 35.0 Å². The molecule has 6 nitrogen and oxygen atoms in total. The predicted octanol–water partition coefficient (Wildman–Crippen LogP) is 4.31. The number of rotatable bonds is 3. The van der Waals surface area contributed by atoms with Crippen LogP contribution in [-0.2, 0) is 9.84 Å². The zero-order valence-electron chi connectivity index (χ0n) is 15.9. The van der Waals surface area contributed by atoms with E-state index in [0.717, 1.165) is 11.3 Å². The summed E-state index contributed by atoms with van der Waals surface area (Å²) in [5.74, 6) is 1.48. The summed E-state index contributed by atoms with van der Waals surface area (Å²) < 4.78 is 24.7. The van der Waals surface area contributed by atoms with Gasteiger partial charge in [0.15, 0.2) is 15.7 Å². The van der Waals surface area contributed by atoms with Crippen molar-refractivity contribution >= 4 is 56.4 Å². The smallest absolute Gasteiger partial charge is 0.158 e. The van der Waals surface area contributed by atoms with Gasteiger partial charge in [0.2, 0.25) is 0 Å². The van der Waals surface area contributed by atoms with Gasteiger partial charge in [-0.25, -0.2) is 18.4 Å². The molecule has 1 spiro atoms. The minimum atomic E-state index is -3.04. The molecular weight excluding hydrogens is 451 g/mol. The Morgan fingerprint density at radius 2 is 2.00 bits per heavy atom. The molecule has 10 heteroatoms. The largest absolute Gasteiger partial charge is 0.381 e. The fraction of sp³-hybridized carbons (Fsp3) is 0.474. The van der Waals surface area contributed by atoms with Gasteiger partial charge in [0.25, 0.3) is 0 Å². The van der Waals surface area contributed by atoms with Gasteiger partial charge in [-0.05, 0) is 37.3 Å². The summed E-state index contributed by atoms with van der Waals surface area (Å²) in [5, 5.41) is 1.48. The van der Waals surface area contributed by atoms with Crippen LogP contribution in [0, 0.1) is 5.92 Å². The normalized spacial score (nSPS) is 22.9. The standard InChI is InChI=1S/C19H22Cl2N4O2S2/c1-12-5-10-29(26,27)19(12)6-8-25(9-7-19)15-11-23-18(17(22)24-15)28-14-4-2-3-13(20)16(14)21/h2-4,11-12H,5-10H2,1H3,(H2,22,24). The average molecular weight is 473 g/mol. The molecule has 0 radical (unpaired) electrons. The molecular formula is C19H22Cl2N4O2S2. The van der Waals surface area contributed by atoms with Crippen molar-refractivity contribution in [2.24, 2.45) is 5.92 Å². The lowest BCUT2D eigenvalue weighted by Crippen LogP contribution is -2.50. The van der Waals surface area contributed by atoms with Crippen LogP contribution < -0.4 is 10.6 Å². The lowest BCUT2D eigenvalue weighted by atomic mass is 9.83. The van der Waals surface area contributed by atoms with Crippen LogP contribution in [0.15, 0.2) is 34.3 Å². The Balaban J connectivity index is 1.50. The van der Waals surface area contributed by atoms with E-state index in [0.29, 0.717) is 58.4 Å². The third kappa shape index (κ3) is 3.69. The van der Waals surface area contributed by atoms with Crippen molar-refractivity contribution in [3.8, 4) is 0 Å². The molecule has 1 aromatic carbocycles. The maximum absolute atomic E-state index is 12.6. The zero-order chi connectivity index (χ0) is 20.8. The maximum Gasteiger partial charge on any atom is 0.158 e. The van der Waals surface area contributed by atoms with Crippen molar-refractivity contribution in [1.29, 1.82) is 0 Å². The monoisotopic (exact) mass is 472 g/mol. The van der Waals surface area contributed by atoms with Crippen molar-refractivity contribution in [1.82, 2.24) is 9.97 Å². The molecule has 1 atom stereocenters. The predicted molar refractivity (Wildman–Crippen MR) is 119 cm³/mol. The molecule has 4 rings (SSSR count). The molecule has 3 heterocycles. The second-order valence-electron chi connectivity index (χ2n) is 7.63. The highest BCUT2D eigenvalue weighted by Gasteiger charge is 2.53. The molecule has 0 bridgehead atoms. The molecule has 1 unspecified atom stereocenters. The molecule has 2 aromatic rings. The number of anilines is 2. The van der Waals surface area contributed by atoms with Crippen molar-refractivity contribution in [2.75, 3.05) is 29.5 Å². The first-order valence-electron chi connectivity index (χ1n) is 9.45. The molecule has 2 aliphatic heterocycles. The Hall–Kier alpha value is -1.22.